The molecule has 0 radical (unpaired) electrons. The van der Waals surface area contributed by atoms with Crippen LogP contribution in [0.3, 0.4) is 0 Å². The Balaban J connectivity index is 1.26. The van der Waals surface area contributed by atoms with Gasteiger partial charge in [0.2, 0.25) is 11.8 Å². The van der Waals surface area contributed by atoms with Crippen LogP contribution in [0, 0.1) is 0 Å². The summed E-state index contributed by atoms with van der Waals surface area (Å²) in [6.45, 7) is 2.80. The average Bonchev–Trinajstić information content (AvgIpc) is 3.26. The van der Waals surface area contributed by atoms with Crippen LogP contribution in [0.25, 0.3) is 0 Å². The summed E-state index contributed by atoms with van der Waals surface area (Å²) in [6.07, 6.45) is 8.21. The Kier molecular flexibility index (Phi) is 8.31. The molecule has 0 bridgehead atoms. The molecule has 0 aromatic heterocycles. The van der Waals surface area contributed by atoms with Gasteiger partial charge < -0.3 is 25.0 Å². The van der Waals surface area contributed by atoms with E-state index in [2.05, 4.69) is 40.1 Å². The molecule has 1 unspecified atom stereocenters. The van der Waals surface area contributed by atoms with E-state index >= 15 is 0 Å². The number of anilines is 1. The van der Waals surface area contributed by atoms with Crippen molar-refractivity contribution in [3.63, 3.8) is 0 Å². The van der Waals surface area contributed by atoms with Gasteiger partial charge in [-0.05, 0) is 42.9 Å². The Bertz CT molecular complexity index is 1110. The van der Waals surface area contributed by atoms with Gasteiger partial charge in [-0.25, -0.2) is 0 Å². The van der Waals surface area contributed by atoms with Crippen molar-refractivity contribution in [2.75, 3.05) is 36.8 Å². The lowest BCUT2D eigenvalue weighted by Crippen LogP contribution is -2.61. The number of ether oxygens (including phenoxy) is 1. The van der Waals surface area contributed by atoms with Crippen LogP contribution in [0.2, 0.25) is 0 Å². The molecule has 1 atom stereocenters. The SMILES string of the molecule is CSN1CC2(CCN(C(=O)C(COCc3ccccc3)NC(=O)C3(N)CCCCC3)CC2)c2ccccc21. The number of nitrogens with two attached hydrogens (primary N) is 1. The van der Waals surface area contributed by atoms with Crippen molar-refractivity contribution < 1.29 is 14.3 Å². The minimum atomic E-state index is -0.906. The lowest BCUT2D eigenvalue weighted by molar-refractivity contribution is -0.141. The molecule has 2 fully saturated rings. The van der Waals surface area contributed by atoms with E-state index in [9.17, 15) is 9.59 Å². The first-order chi connectivity index (χ1) is 18.4. The fourth-order valence-electron chi connectivity index (χ4n) is 6.31. The Labute approximate surface area is 230 Å². The van der Waals surface area contributed by atoms with Crippen molar-refractivity contribution in [3.05, 3.63) is 65.7 Å². The highest BCUT2D eigenvalue weighted by molar-refractivity contribution is 8.00. The third-order valence-electron chi connectivity index (χ3n) is 8.64. The number of nitrogens with zero attached hydrogens (tertiary/aromatic N) is 2. The molecule has 1 spiro atoms. The molecule has 1 aliphatic carbocycles. The number of hydrogen-bond donors (Lipinski definition) is 2. The van der Waals surface area contributed by atoms with Crippen molar-refractivity contribution in [2.45, 2.75) is 68.5 Å². The molecule has 2 amide bonds. The van der Waals surface area contributed by atoms with Crippen molar-refractivity contribution in [3.8, 4) is 0 Å². The van der Waals surface area contributed by atoms with Gasteiger partial charge in [0.25, 0.3) is 0 Å². The van der Waals surface area contributed by atoms with Gasteiger partial charge >= 0.3 is 0 Å². The van der Waals surface area contributed by atoms with E-state index < -0.39 is 11.6 Å². The number of fused-ring (bicyclic) bond motifs is 2. The van der Waals surface area contributed by atoms with E-state index in [0.29, 0.717) is 32.5 Å². The molecule has 3 aliphatic rings. The minimum absolute atomic E-state index is 0.0579. The first-order valence-electron chi connectivity index (χ1n) is 13.9. The van der Waals surface area contributed by atoms with Crippen LogP contribution < -0.4 is 15.4 Å². The largest absolute Gasteiger partial charge is 0.374 e. The summed E-state index contributed by atoms with van der Waals surface area (Å²) in [5.74, 6) is -0.304. The van der Waals surface area contributed by atoms with Crippen LogP contribution in [0.4, 0.5) is 5.69 Å². The summed E-state index contributed by atoms with van der Waals surface area (Å²) < 4.78 is 8.34. The molecule has 2 aliphatic heterocycles. The highest BCUT2D eigenvalue weighted by atomic mass is 32.2. The average molecular weight is 537 g/mol. The predicted octanol–water partition coefficient (Wildman–Crippen LogP) is 4.01. The molecule has 2 aromatic carbocycles. The molecule has 3 N–H and O–H groups in total. The van der Waals surface area contributed by atoms with Crippen LogP contribution in [-0.2, 0) is 26.3 Å². The molecule has 204 valence electrons. The number of amides is 2. The Morgan fingerprint density at radius 1 is 1.00 bits per heavy atom. The maximum atomic E-state index is 13.8. The van der Waals surface area contributed by atoms with Gasteiger partial charge in [-0.15, -0.1) is 0 Å². The number of nitrogens with one attached hydrogen (secondary N) is 1. The van der Waals surface area contributed by atoms with E-state index in [1.54, 1.807) is 11.9 Å². The zero-order valence-electron chi connectivity index (χ0n) is 22.4. The smallest absolute Gasteiger partial charge is 0.247 e. The van der Waals surface area contributed by atoms with Crippen molar-refractivity contribution in [1.29, 1.82) is 0 Å². The van der Waals surface area contributed by atoms with E-state index in [1.807, 2.05) is 35.2 Å². The quantitative estimate of drug-likeness (QED) is 0.496. The molecular formula is C30H40N4O3S. The Hall–Kier alpha value is -2.55. The lowest BCUT2D eigenvalue weighted by atomic mass is 9.74. The molecule has 2 aromatic rings. The van der Waals surface area contributed by atoms with Gasteiger partial charge in [-0.1, -0.05) is 79.7 Å². The van der Waals surface area contributed by atoms with Crippen molar-refractivity contribution >= 4 is 29.4 Å². The highest BCUT2D eigenvalue weighted by Crippen LogP contribution is 2.48. The van der Waals surface area contributed by atoms with Gasteiger partial charge in [0.1, 0.15) is 6.04 Å². The van der Waals surface area contributed by atoms with Crippen LogP contribution in [0.5, 0.6) is 0 Å². The van der Waals surface area contributed by atoms with Gasteiger partial charge in [-0.3, -0.25) is 9.59 Å². The van der Waals surface area contributed by atoms with E-state index in [1.165, 1.54) is 11.3 Å². The predicted molar refractivity (Wildman–Crippen MR) is 153 cm³/mol. The van der Waals surface area contributed by atoms with Gasteiger partial charge in [0.05, 0.1) is 24.4 Å². The standard InChI is InChI=1S/C30H40N4O3S/c1-38-34-22-29(24-12-6-7-13-26(24)34)16-18-33(19-17-29)27(35)25(21-37-20-23-10-4-2-5-11-23)32-28(36)30(31)14-8-3-9-15-30/h2,4-7,10-13,25H,3,8-9,14-22,31H2,1H3,(H,32,36). The van der Waals surface area contributed by atoms with Gasteiger partial charge in [0, 0.05) is 31.3 Å². The minimum Gasteiger partial charge on any atom is -0.374 e. The number of carbonyl (C=O) groups is 2. The highest BCUT2D eigenvalue weighted by Gasteiger charge is 2.46. The van der Waals surface area contributed by atoms with Crippen LogP contribution in [0.15, 0.2) is 54.6 Å². The summed E-state index contributed by atoms with van der Waals surface area (Å²) in [6, 6.07) is 17.8. The summed E-state index contributed by atoms with van der Waals surface area (Å²) in [5.41, 5.74) is 9.38. The molecule has 38 heavy (non-hydrogen) atoms. The molecule has 7 nitrogen and oxygen atoms in total. The zero-order valence-corrected chi connectivity index (χ0v) is 23.2. The number of hydrogen-bond acceptors (Lipinski definition) is 6. The molecule has 2 heterocycles. The number of rotatable bonds is 8. The Morgan fingerprint density at radius 2 is 1.68 bits per heavy atom. The lowest BCUT2D eigenvalue weighted by Gasteiger charge is -2.41. The molecule has 1 saturated carbocycles. The Morgan fingerprint density at radius 3 is 2.39 bits per heavy atom. The maximum Gasteiger partial charge on any atom is 0.247 e. The summed E-state index contributed by atoms with van der Waals surface area (Å²) in [5, 5.41) is 3.01. The molecule has 5 rings (SSSR count). The summed E-state index contributed by atoms with van der Waals surface area (Å²) in [7, 11) is 0. The third kappa shape index (κ3) is 5.58. The number of para-hydroxylation sites is 1. The summed E-state index contributed by atoms with van der Waals surface area (Å²) >= 11 is 1.76. The molecule has 8 heteroatoms. The second-order valence-electron chi connectivity index (χ2n) is 11.1. The number of benzene rings is 2. The van der Waals surface area contributed by atoms with Crippen LogP contribution in [0.1, 0.15) is 56.1 Å². The fourth-order valence-corrected chi connectivity index (χ4v) is 7.04. The van der Waals surface area contributed by atoms with Crippen LogP contribution in [-0.4, -0.2) is 60.8 Å². The maximum absolute atomic E-state index is 13.8. The van der Waals surface area contributed by atoms with Crippen LogP contribution >= 0.6 is 11.9 Å². The number of carbonyl (C=O) groups excluding carboxylic acids is 2. The normalized spacial score (nSPS) is 20.7. The van der Waals surface area contributed by atoms with Crippen molar-refractivity contribution in [1.82, 2.24) is 10.2 Å². The van der Waals surface area contributed by atoms with Crippen molar-refractivity contribution in [2.24, 2.45) is 5.73 Å². The summed E-state index contributed by atoms with van der Waals surface area (Å²) in [4.78, 5) is 29.0. The molecular weight excluding hydrogens is 496 g/mol. The molecule has 1 saturated heterocycles. The second kappa shape index (κ2) is 11.7. The van der Waals surface area contributed by atoms with E-state index in [-0.39, 0.29) is 23.8 Å². The first kappa shape index (κ1) is 27.0. The van der Waals surface area contributed by atoms with E-state index in [0.717, 1.165) is 44.2 Å². The second-order valence-corrected chi connectivity index (χ2v) is 11.9. The third-order valence-corrected chi connectivity index (χ3v) is 9.41. The van der Waals surface area contributed by atoms with Gasteiger partial charge in [-0.2, -0.15) is 0 Å². The van der Waals surface area contributed by atoms with Gasteiger partial charge in [0.15, 0.2) is 0 Å². The number of likely N-dealkylation sites (tertiary alicyclic amines) is 1. The fraction of sp³-hybridized carbons (Fsp3) is 0.533. The monoisotopic (exact) mass is 536 g/mol. The number of piperidine rings is 1. The first-order valence-corrected chi connectivity index (χ1v) is 15.0. The van der Waals surface area contributed by atoms with E-state index in [4.69, 9.17) is 10.5 Å². The zero-order chi connectivity index (χ0) is 26.6. The topological polar surface area (TPSA) is 87.9 Å².